The number of benzene rings is 1. The van der Waals surface area contributed by atoms with Crippen molar-refractivity contribution in [1.29, 1.82) is 0 Å². The summed E-state index contributed by atoms with van der Waals surface area (Å²) in [6, 6.07) is 4.27. The summed E-state index contributed by atoms with van der Waals surface area (Å²) in [7, 11) is 0. The molecule has 1 aromatic carbocycles. The SMILES string of the molecule is O=C(O)c1ccc(NC(=O)C2CCCNC2)c(Cl)c1. The molecular weight excluding hydrogens is 268 g/mol. The van der Waals surface area contributed by atoms with Gasteiger partial charge in [0.15, 0.2) is 0 Å². The van der Waals surface area contributed by atoms with Gasteiger partial charge in [0, 0.05) is 6.54 Å². The van der Waals surface area contributed by atoms with Crippen LogP contribution < -0.4 is 10.6 Å². The molecule has 0 aliphatic carbocycles. The largest absolute Gasteiger partial charge is 0.478 e. The van der Waals surface area contributed by atoms with Gasteiger partial charge in [0.25, 0.3) is 0 Å². The monoisotopic (exact) mass is 282 g/mol. The number of rotatable bonds is 3. The van der Waals surface area contributed by atoms with Crippen molar-refractivity contribution in [1.82, 2.24) is 5.32 Å². The van der Waals surface area contributed by atoms with Gasteiger partial charge in [-0.05, 0) is 37.6 Å². The van der Waals surface area contributed by atoms with Crippen molar-refractivity contribution in [2.75, 3.05) is 18.4 Å². The van der Waals surface area contributed by atoms with Gasteiger partial charge in [-0.25, -0.2) is 4.79 Å². The van der Waals surface area contributed by atoms with Crippen molar-refractivity contribution >= 4 is 29.2 Å². The average Bonchev–Trinajstić information content (AvgIpc) is 2.41. The van der Waals surface area contributed by atoms with E-state index in [2.05, 4.69) is 10.6 Å². The van der Waals surface area contributed by atoms with Crippen molar-refractivity contribution in [2.45, 2.75) is 12.8 Å². The zero-order valence-corrected chi connectivity index (χ0v) is 11.0. The highest BCUT2D eigenvalue weighted by atomic mass is 35.5. The molecule has 19 heavy (non-hydrogen) atoms. The lowest BCUT2D eigenvalue weighted by atomic mass is 9.99. The van der Waals surface area contributed by atoms with Crippen molar-refractivity contribution in [2.24, 2.45) is 5.92 Å². The summed E-state index contributed by atoms with van der Waals surface area (Å²) < 4.78 is 0. The highest BCUT2D eigenvalue weighted by Crippen LogP contribution is 2.24. The first-order valence-corrected chi connectivity index (χ1v) is 6.50. The first-order valence-electron chi connectivity index (χ1n) is 6.12. The number of carboxylic acid groups (broad SMARTS) is 1. The van der Waals surface area contributed by atoms with Gasteiger partial charge in [0.05, 0.1) is 22.2 Å². The second kappa shape index (κ2) is 6.04. The fraction of sp³-hybridized carbons (Fsp3) is 0.385. The molecule has 1 aliphatic rings. The van der Waals surface area contributed by atoms with E-state index in [1.165, 1.54) is 18.2 Å². The summed E-state index contributed by atoms with van der Waals surface area (Å²) in [5, 5.41) is 15.0. The lowest BCUT2D eigenvalue weighted by Crippen LogP contribution is -2.37. The number of aromatic carboxylic acids is 1. The molecule has 0 radical (unpaired) electrons. The van der Waals surface area contributed by atoms with E-state index in [0.29, 0.717) is 12.2 Å². The molecule has 1 aromatic rings. The van der Waals surface area contributed by atoms with Gasteiger partial charge >= 0.3 is 5.97 Å². The molecule has 102 valence electrons. The zero-order valence-electron chi connectivity index (χ0n) is 10.3. The molecule has 0 saturated carbocycles. The van der Waals surface area contributed by atoms with Gasteiger partial charge in [-0.15, -0.1) is 0 Å². The van der Waals surface area contributed by atoms with Crippen LogP contribution in [0.2, 0.25) is 5.02 Å². The second-order valence-corrected chi connectivity index (χ2v) is 4.94. The Morgan fingerprint density at radius 1 is 1.42 bits per heavy atom. The van der Waals surface area contributed by atoms with Gasteiger partial charge in [0.2, 0.25) is 5.91 Å². The highest BCUT2D eigenvalue weighted by molar-refractivity contribution is 6.34. The summed E-state index contributed by atoms with van der Waals surface area (Å²) in [5.74, 6) is -1.20. The molecule has 3 N–H and O–H groups in total. The quantitative estimate of drug-likeness (QED) is 0.792. The molecule has 1 atom stereocenters. The number of piperidine rings is 1. The van der Waals surface area contributed by atoms with E-state index >= 15 is 0 Å². The van der Waals surface area contributed by atoms with Crippen LogP contribution in [-0.2, 0) is 4.79 Å². The van der Waals surface area contributed by atoms with E-state index in [1.807, 2.05) is 0 Å². The fourth-order valence-corrected chi connectivity index (χ4v) is 2.29. The number of nitrogens with one attached hydrogen (secondary N) is 2. The van der Waals surface area contributed by atoms with Crippen LogP contribution in [0.3, 0.4) is 0 Å². The molecular formula is C13H15ClN2O3. The molecule has 0 spiro atoms. The first kappa shape index (κ1) is 13.8. The lowest BCUT2D eigenvalue weighted by Gasteiger charge is -2.22. The van der Waals surface area contributed by atoms with Crippen LogP contribution in [-0.4, -0.2) is 30.1 Å². The van der Waals surface area contributed by atoms with E-state index in [9.17, 15) is 9.59 Å². The Hall–Kier alpha value is -1.59. The minimum Gasteiger partial charge on any atom is -0.478 e. The second-order valence-electron chi connectivity index (χ2n) is 4.53. The Bertz CT molecular complexity index is 499. The van der Waals surface area contributed by atoms with Crippen LogP contribution in [0.4, 0.5) is 5.69 Å². The van der Waals surface area contributed by atoms with Crippen molar-refractivity contribution < 1.29 is 14.7 Å². The normalized spacial score (nSPS) is 18.9. The summed E-state index contributed by atoms with van der Waals surface area (Å²) in [5.41, 5.74) is 0.546. The Balaban J connectivity index is 2.06. The standard InChI is InChI=1S/C13H15ClN2O3/c14-10-6-8(13(18)19)3-4-11(10)16-12(17)9-2-1-5-15-7-9/h3-4,6,9,15H,1-2,5,7H2,(H,16,17)(H,18,19). The Labute approximate surface area is 116 Å². The molecule has 1 amide bonds. The molecule has 1 saturated heterocycles. The van der Waals surface area contributed by atoms with E-state index in [0.717, 1.165) is 19.4 Å². The van der Waals surface area contributed by atoms with Crippen LogP contribution in [0.15, 0.2) is 18.2 Å². The summed E-state index contributed by atoms with van der Waals surface area (Å²) in [4.78, 5) is 22.8. The van der Waals surface area contributed by atoms with Crippen LogP contribution in [0.5, 0.6) is 0 Å². The number of carbonyl (C=O) groups is 2. The average molecular weight is 283 g/mol. The number of carbonyl (C=O) groups excluding carboxylic acids is 1. The van der Waals surface area contributed by atoms with Gasteiger partial charge in [0.1, 0.15) is 0 Å². The minimum atomic E-state index is -1.05. The highest BCUT2D eigenvalue weighted by Gasteiger charge is 2.21. The predicted molar refractivity (Wildman–Crippen MR) is 72.6 cm³/mol. The predicted octanol–water partition coefficient (Wildman–Crippen LogP) is 1.98. The maximum absolute atomic E-state index is 12.0. The van der Waals surface area contributed by atoms with Gasteiger partial charge in [-0.1, -0.05) is 11.6 Å². The van der Waals surface area contributed by atoms with Crippen LogP contribution >= 0.6 is 11.6 Å². The molecule has 1 unspecified atom stereocenters. The van der Waals surface area contributed by atoms with Crippen molar-refractivity contribution in [3.8, 4) is 0 Å². The summed E-state index contributed by atoms with van der Waals surface area (Å²) >= 11 is 5.96. The smallest absolute Gasteiger partial charge is 0.335 e. The zero-order chi connectivity index (χ0) is 13.8. The molecule has 0 bridgehead atoms. The number of amides is 1. The number of hydrogen-bond donors (Lipinski definition) is 3. The van der Waals surface area contributed by atoms with Gasteiger partial charge in [-0.3, -0.25) is 4.79 Å². The van der Waals surface area contributed by atoms with Crippen LogP contribution in [0, 0.1) is 5.92 Å². The number of anilines is 1. The molecule has 1 heterocycles. The Morgan fingerprint density at radius 2 is 2.21 bits per heavy atom. The van der Waals surface area contributed by atoms with Crippen LogP contribution in [0.1, 0.15) is 23.2 Å². The number of halogens is 1. The van der Waals surface area contributed by atoms with Crippen LogP contribution in [0.25, 0.3) is 0 Å². The molecule has 5 nitrogen and oxygen atoms in total. The topological polar surface area (TPSA) is 78.4 Å². The van der Waals surface area contributed by atoms with E-state index < -0.39 is 5.97 Å². The van der Waals surface area contributed by atoms with E-state index in [1.54, 1.807) is 0 Å². The Kier molecular flexibility index (Phi) is 4.39. The van der Waals surface area contributed by atoms with Crippen molar-refractivity contribution in [3.63, 3.8) is 0 Å². The summed E-state index contributed by atoms with van der Waals surface area (Å²) in [6.07, 6.45) is 1.83. The number of hydrogen-bond acceptors (Lipinski definition) is 3. The third-order valence-corrected chi connectivity index (χ3v) is 3.45. The molecule has 1 fully saturated rings. The molecule has 2 rings (SSSR count). The third kappa shape index (κ3) is 3.45. The van der Waals surface area contributed by atoms with Gasteiger partial charge in [-0.2, -0.15) is 0 Å². The van der Waals surface area contributed by atoms with E-state index in [-0.39, 0.29) is 22.4 Å². The molecule has 0 aromatic heterocycles. The maximum atomic E-state index is 12.0. The summed E-state index contributed by atoms with van der Waals surface area (Å²) in [6.45, 7) is 1.61. The van der Waals surface area contributed by atoms with Gasteiger partial charge < -0.3 is 15.7 Å². The lowest BCUT2D eigenvalue weighted by molar-refractivity contribution is -0.120. The number of carboxylic acids is 1. The first-order chi connectivity index (χ1) is 9.08. The Morgan fingerprint density at radius 3 is 2.79 bits per heavy atom. The molecule has 6 heteroatoms. The van der Waals surface area contributed by atoms with E-state index in [4.69, 9.17) is 16.7 Å². The third-order valence-electron chi connectivity index (χ3n) is 3.14. The van der Waals surface area contributed by atoms with Crippen molar-refractivity contribution in [3.05, 3.63) is 28.8 Å². The minimum absolute atomic E-state index is 0.0658. The molecule has 1 aliphatic heterocycles. The fourth-order valence-electron chi connectivity index (χ4n) is 2.06. The maximum Gasteiger partial charge on any atom is 0.335 e.